The normalized spacial score (nSPS) is 12.9. The first kappa shape index (κ1) is 6.29. The van der Waals surface area contributed by atoms with E-state index in [4.69, 9.17) is 5.73 Å². The van der Waals surface area contributed by atoms with E-state index in [1.165, 1.54) is 28.4 Å². The largest absolute Gasteiger partial charge is 0.403 e. The number of rotatable bonds is 0. The number of hydrogen-bond acceptors (Lipinski definition) is 5. The van der Waals surface area contributed by atoms with Crippen LogP contribution in [0.25, 0.3) is 11.2 Å². The highest BCUT2D eigenvalue weighted by Crippen LogP contribution is 1.94. The molecule has 0 atom stereocenters. The van der Waals surface area contributed by atoms with Crippen LogP contribution in [0.3, 0.4) is 0 Å². The standard InChI is InChI=1S/C5H4N4OS/c6-1-3-4(10)9-5(11-3)7-2-8-9/h1-2H,6H2/b3-1-. The molecule has 0 saturated carbocycles. The molecule has 56 valence electrons. The zero-order valence-electron chi connectivity index (χ0n) is 5.39. The van der Waals surface area contributed by atoms with Gasteiger partial charge in [-0.2, -0.15) is 9.61 Å². The summed E-state index contributed by atoms with van der Waals surface area (Å²) in [7, 11) is 0. The molecular weight excluding hydrogens is 164 g/mol. The van der Waals surface area contributed by atoms with Gasteiger partial charge in [-0.1, -0.05) is 11.3 Å². The Hall–Kier alpha value is -1.43. The molecule has 2 aromatic heterocycles. The topological polar surface area (TPSA) is 73.3 Å². The summed E-state index contributed by atoms with van der Waals surface area (Å²) < 4.78 is 1.70. The van der Waals surface area contributed by atoms with Crippen molar-refractivity contribution in [2.45, 2.75) is 0 Å². The van der Waals surface area contributed by atoms with Gasteiger partial charge < -0.3 is 5.73 Å². The summed E-state index contributed by atoms with van der Waals surface area (Å²) in [6.45, 7) is 0. The first-order valence-corrected chi connectivity index (χ1v) is 3.69. The quantitative estimate of drug-likeness (QED) is 0.523. The Labute approximate surface area is 64.8 Å². The summed E-state index contributed by atoms with van der Waals surface area (Å²) >= 11 is 1.23. The van der Waals surface area contributed by atoms with Crippen molar-refractivity contribution >= 4 is 22.5 Å². The summed E-state index contributed by atoms with van der Waals surface area (Å²) in [4.78, 5) is 15.6. The number of aromatic nitrogens is 3. The molecule has 0 bridgehead atoms. The Balaban J connectivity index is 3.11. The van der Waals surface area contributed by atoms with Gasteiger partial charge in [0.25, 0.3) is 5.56 Å². The Morgan fingerprint density at radius 2 is 2.55 bits per heavy atom. The van der Waals surface area contributed by atoms with Crippen molar-refractivity contribution in [2.24, 2.45) is 5.73 Å². The second-order valence-corrected chi connectivity index (χ2v) is 2.90. The van der Waals surface area contributed by atoms with Crippen molar-refractivity contribution in [3.05, 3.63) is 21.2 Å². The molecule has 2 aromatic rings. The van der Waals surface area contributed by atoms with Gasteiger partial charge in [0.1, 0.15) is 10.9 Å². The molecule has 0 aliphatic rings. The lowest BCUT2D eigenvalue weighted by molar-refractivity contribution is 0.932. The monoisotopic (exact) mass is 168 g/mol. The predicted molar refractivity (Wildman–Crippen MR) is 41.0 cm³/mol. The SMILES string of the molecule is N/C=c1\sc2ncnn2c1=O. The van der Waals surface area contributed by atoms with Crippen molar-refractivity contribution in [3.8, 4) is 0 Å². The van der Waals surface area contributed by atoms with Gasteiger partial charge in [-0.15, -0.1) is 0 Å². The Kier molecular flexibility index (Phi) is 1.16. The molecule has 0 spiro atoms. The maximum Gasteiger partial charge on any atom is 0.292 e. The number of thiazole rings is 1. The lowest BCUT2D eigenvalue weighted by Gasteiger charge is -1.69. The van der Waals surface area contributed by atoms with Crippen molar-refractivity contribution in [1.82, 2.24) is 14.6 Å². The van der Waals surface area contributed by atoms with Crippen LogP contribution in [0.4, 0.5) is 0 Å². The third kappa shape index (κ3) is 0.726. The Morgan fingerprint density at radius 3 is 3.18 bits per heavy atom. The van der Waals surface area contributed by atoms with Crippen LogP contribution in [0.1, 0.15) is 0 Å². The van der Waals surface area contributed by atoms with Gasteiger partial charge in [0, 0.05) is 6.20 Å². The van der Waals surface area contributed by atoms with Crippen LogP contribution in [-0.2, 0) is 0 Å². The second-order valence-electron chi connectivity index (χ2n) is 1.89. The number of nitrogens with zero attached hydrogens (tertiary/aromatic N) is 3. The van der Waals surface area contributed by atoms with Crippen molar-refractivity contribution in [3.63, 3.8) is 0 Å². The van der Waals surface area contributed by atoms with Gasteiger partial charge in [0.15, 0.2) is 0 Å². The van der Waals surface area contributed by atoms with Crippen molar-refractivity contribution in [2.75, 3.05) is 0 Å². The molecule has 0 unspecified atom stereocenters. The molecule has 0 aliphatic heterocycles. The van der Waals surface area contributed by atoms with Crippen LogP contribution < -0.4 is 15.8 Å². The van der Waals surface area contributed by atoms with Crippen LogP contribution in [0, 0.1) is 0 Å². The summed E-state index contributed by atoms with van der Waals surface area (Å²) in [5, 5.41) is 3.71. The van der Waals surface area contributed by atoms with Crippen LogP contribution >= 0.6 is 11.3 Å². The van der Waals surface area contributed by atoms with E-state index in [0.717, 1.165) is 0 Å². The van der Waals surface area contributed by atoms with E-state index < -0.39 is 0 Å². The van der Waals surface area contributed by atoms with E-state index in [0.29, 0.717) is 9.49 Å². The minimum absolute atomic E-state index is 0.204. The zero-order chi connectivity index (χ0) is 7.84. The molecule has 5 nitrogen and oxygen atoms in total. The second kappa shape index (κ2) is 2.03. The lowest BCUT2D eigenvalue weighted by atomic mass is 10.7. The van der Waals surface area contributed by atoms with Crippen LogP contribution in [-0.4, -0.2) is 14.6 Å². The lowest BCUT2D eigenvalue weighted by Crippen LogP contribution is -2.24. The summed E-state index contributed by atoms with van der Waals surface area (Å²) in [6.07, 6.45) is 2.61. The molecular formula is C5H4N4OS. The number of nitrogens with two attached hydrogens (primary N) is 1. The molecule has 2 rings (SSSR count). The average molecular weight is 168 g/mol. The first-order valence-electron chi connectivity index (χ1n) is 2.87. The smallest absolute Gasteiger partial charge is 0.292 e. The fourth-order valence-corrected chi connectivity index (χ4v) is 1.55. The average Bonchev–Trinajstić information content (AvgIpc) is 2.53. The maximum absolute atomic E-state index is 11.2. The molecule has 0 radical (unpaired) electrons. The molecule has 0 aliphatic carbocycles. The predicted octanol–water partition coefficient (Wildman–Crippen LogP) is -1.43. The first-order chi connectivity index (χ1) is 5.33. The molecule has 0 aromatic carbocycles. The van der Waals surface area contributed by atoms with Crippen LogP contribution in [0.2, 0.25) is 0 Å². The molecule has 11 heavy (non-hydrogen) atoms. The third-order valence-electron chi connectivity index (χ3n) is 1.27. The van der Waals surface area contributed by atoms with Gasteiger partial charge in [-0.05, 0) is 0 Å². The van der Waals surface area contributed by atoms with E-state index >= 15 is 0 Å². The van der Waals surface area contributed by atoms with E-state index in [-0.39, 0.29) is 5.56 Å². The van der Waals surface area contributed by atoms with Gasteiger partial charge >= 0.3 is 0 Å². The van der Waals surface area contributed by atoms with Gasteiger partial charge in [0.05, 0.1) is 0 Å². The van der Waals surface area contributed by atoms with Crippen molar-refractivity contribution in [1.29, 1.82) is 0 Å². The van der Waals surface area contributed by atoms with E-state index in [2.05, 4.69) is 10.1 Å². The van der Waals surface area contributed by atoms with Crippen molar-refractivity contribution < 1.29 is 0 Å². The zero-order valence-corrected chi connectivity index (χ0v) is 6.21. The minimum atomic E-state index is -0.204. The van der Waals surface area contributed by atoms with Gasteiger partial charge in [0.2, 0.25) is 4.96 Å². The Morgan fingerprint density at radius 1 is 1.73 bits per heavy atom. The van der Waals surface area contributed by atoms with Gasteiger partial charge in [-0.25, -0.2) is 4.98 Å². The van der Waals surface area contributed by atoms with Gasteiger partial charge in [-0.3, -0.25) is 4.79 Å². The molecule has 2 N–H and O–H groups in total. The van der Waals surface area contributed by atoms with E-state index in [9.17, 15) is 4.79 Å². The molecule has 0 fully saturated rings. The highest BCUT2D eigenvalue weighted by molar-refractivity contribution is 7.14. The molecule has 6 heteroatoms. The Bertz CT molecular complexity index is 484. The fourth-order valence-electron chi connectivity index (χ4n) is 0.792. The molecule has 0 amide bonds. The molecule has 0 saturated heterocycles. The maximum atomic E-state index is 11.2. The summed E-state index contributed by atoms with van der Waals surface area (Å²) in [6, 6.07) is 0. The highest BCUT2D eigenvalue weighted by Gasteiger charge is 2.02. The van der Waals surface area contributed by atoms with Crippen LogP contribution in [0.5, 0.6) is 0 Å². The minimum Gasteiger partial charge on any atom is -0.403 e. The molecule has 2 heterocycles. The van der Waals surface area contributed by atoms with Crippen LogP contribution in [0.15, 0.2) is 11.1 Å². The number of fused-ring (bicyclic) bond motifs is 1. The highest BCUT2D eigenvalue weighted by atomic mass is 32.1. The third-order valence-corrected chi connectivity index (χ3v) is 2.26. The van der Waals surface area contributed by atoms with E-state index in [1.807, 2.05) is 0 Å². The summed E-state index contributed by atoms with van der Waals surface area (Å²) in [5.41, 5.74) is 4.99. The van der Waals surface area contributed by atoms with E-state index in [1.54, 1.807) is 0 Å². The number of hydrogen-bond donors (Lipinski definition) is 1. The summed E-state index contributed by atoms with van der Waals surface area (Å²) in [5.74, 6) is 0. The fraction of sp³-hybridized carbons (Fsp3) is 0.